The minimum atomic E-state index is -3.77. The quantitative estimate of drug-likeness (QED) is 0.499. The lowest BCUT2D eigenvalue weighted by atomic mass is 10.0. The maximum atomic E-state index is 13.3. The number of esters is 1. The molecule has 1 aromatic carbocycles. The molecule has 0 saturated carbocycles. The number of hydrogen-bond donors (Lipinski definition) is 1. The fourth-order valence-corrected chi connectivity index (χ4v) is 4.87. The number of carbonyl (C=O) groups is 3. The average molecular weight is 505 g/mol. The zero-order chi connectivity index (χ0) is 25.6. The molecule has 12 heteroatoms. The SMILES string of the molecule is COC(=O)C(Cc1ccc(OC)cc1)NC(=O)C1CN(C(=O)c2cccnc2)CCN1S(C)(=O)=O. The van der Waals surface area contributed by atoms with Gasteiger partial charge in [0.25, 0.3) is 5.91 Å². The average Bonchev–Trinajstić information content (AvgIpc) is 2.87. The Morgan fingerprint density at radius 3 is 2.43 bits per heavy atom. The fourth-order valence-electron chi connectivity index (χ4n) is 3.83. The number of pyridine rings is 1. The molecule has 2 aromatic rings. The van der Waals surface area contributed by atoms with Gasteiger partial charge in [0, 0.05) is 38.4 Å². The minimum absolute atomic E-state index is 0.0652. The van der Waals surface area contributed by atoms with Crippen molar-refractivity contribution in [2.45, 2.75) is 18.5 Å². The first-order chi connectivity index (χ1) is 16.6. The molecule has 3 rings (SSSR count). The van der Waals surface area contributed by atoms with Crippen molar-refractivity contribution in [2.75, 3.05) is 40.1 Å². The largest absolute Gasteiger partial charge is 0.497 e. The Hall–Kier alpha value is -3.51. The highest BCUT2D eigenvalue weighted by Crippen LogP contribution is 2.18. The number of carbonyl (C=O) groups excluding carboxylic acids is 3. The predicted octanol–water partition coefficient (Wildman–Crippen LogP) is 0.0767. The highest BCUT2D eigenvalue weighted by Gasteiger charge is 2.40. The Balaban J connectivity index is 1.81. The lowest BCUT2D eigenvalue weighted by Crippen LogP contribution is -2.62. The van der Waals surface area contributed by atoms with E-state index in [1.54, 1.807) is 36.4 Å². The van der Waals surface area contributed by atoms with Gasteiger partial charge >= 0.3 is 5.97 Å². The van der Waals surface area contributed by atoms with E-state index in [4.69, 9.17) is 9.47 Å². The van der Waals surface area contributed by atoms with Crippen molar-refractivity contribution in [3.8, 4) is 5.75 Å². The zero-order valence-corrected chi connectivity index (χ0v) is 20.5. The van der Waals surface area contributed by atoms with Gasteiger partial charge in [0.2, 0.25) is 15.9 Å². The molecule has 2 amide bonds. The molecule has 1 fully saturated rings. The van der Waals surface area contributed by atoms with Crippen molar-refractivity contribution in [1.82, 2.24) is 19.5 Å². The number of benzene rings is 1. The third-order valence-electron chi connectivity index (χ3n) is 5.66. The first-order valence-corrected chi connectivity index (χ1v) is 12.7. The van der Waals surface area contributed by atoms with Gasteiger partial charge in [-0.15, -0.1) is 0 Å². The van der Waals surface area contributed by atoms with Gasteiger partial charge in [0.1, 0.15) is 17.8 Å². The Labute approximate surface area is 204 Å². The van der Waals surface area contributed by atoms with Crippen LogP contribution in [0.2, 0.25) is 0 Å². The Morgan fingerprint density at radius 1 is 1.14 bits per heavy atom. The second kappa shape index (κ2) is 11.3. The van der Waals surface area contributed by atoms with Crippen molar-refractivity contribution in [3.05, 3.63) is 59.9 Å². The van der Waals surface area contributed by atoms with Crippen LogP contribution in [0.25, 0.3) is 0 Å². The van der Waals surface area contributed by atoms with Crippen LogP contribution in [0.1, 0.15) is 15.9 Å². The number of aromatic nitrogens is 1. The van der Waals surface area contributed by atoms with Gasteiger partial charge in [-0.05, 0) is 29.8 Å². The number of sulfonamides is 1. The number of hydrogen-bond acceptors (Lipinski definition) is 8. The van der Waals surface area contributed by atoms with E-state index in [2.05, 4.69) is 10.3 Å². The van der Waals surface area contributed by atoms with Crippen LogP contribution in [0.15, 0.2) is 48.8 Å². The normalized spacial score (nSPS) is 17.3. The highest BCUT2D eigenvalue weighted by molar-refractivity contribution is 7.88. The summed E-state index contributed by atoms with van der Waals surface area (Å²) in [5.41, 5.74) is 1.06. The number of nitrogens with zero attached hydrogens (tertiary/aromatic N) is 3. The van der Waals surface area contributed by atoms with Gasteiger partial charge in [-0.1, -0.05) is 12.1 Å². The standard InChI is InChI=1S/C23H28N4O7S/c1-33-18-8-6-16(7-9-18)13-19(23(30)34-2)25-21(28)20-15-26(11-12-27(20)35(3,31)32)22(29)17-5-4-10-24-14-17/h4-10,14,19-20H,11-13,15H2,1-3H3,(H,25,28). The van der Waals surface area contributed by atoms with Crippen LogP contribution in [0.3, 0.4) is 0 Å². The molecule has 1 saturated heterocycles. The number of nitrogens with one attached hydrogen (secondary N) is 1. The summed E-state index contributed by atoms with van der Waals surface area (Å²) in [5.74, 6) is -1.12. The maximum absolute atomic E-state index is 13.3. The number of ether oxygens (including phenoxy) is 2. The third kappa shape index (κ3) is 6.55. The molecular formula is C23H28N4O7S. The number of rotatable bonds is 8. The van der Waals surface area contributed by atoms with Gasteiger partial charge in [-0.3, -0.25) is 14.6 Å². The summed E-state index contributed by atoms with van der Waals surface area (Å²) in [6.45, 7) is -0.135. The third-order valence-corrected chi connectivity index (χ3v) is 6.95. The summed E-state index contributed by atoms with van der Waals surface area (Å²) >= 11 is 0. The van der Waals surface area contributed by atoms with Crippen molar-refractivity contribution in [2.24, 2.45) is 0 Å². The second-order valence-corrected chi connectivity index (χ2v) is 9.95. The fraction of sp³-hybridized carbons (Fsp3) is 0.391. The monoisotopic (exact) mass is 504 g/mol. The Morgan fingerprint density at radius 2 is 1.86 bits per heavy atom. The molecule has 2 heterocycles. The van der Waals surface area contributed by atoms with E-state index in [0.717, 1.165) is 16.1 Å². The molecule has 0 aliphatic carbocycles. The van der Waals surface area contributed by atoms with E-state index in [9.17, 15) is 22.8 Å². The predicted molar refractivity (Wildman–Crippen MR) is 126 cm³/mol. The van der Waals surface area contributed by atoms with Crippen molar-refractivity contribution < 1.29 is 32.3 Å². The molecule has 1 aliphatic rings. The molecule has 0 radical (unpaired) electrons. The summed E-state index contributed by atoms with van der Waals surface area (Å²) in [6.07, 6.45) is 4.06. The molecule has 1 N–H and O–H groups in total. The van der Waals surface area contributed by atoms with Gasteiger partial charge in [-0.25, -0.2) is 13.2 Å². The summed E-state index contributed by atoms with van der Waals surface area (Å²) in [6, 6.07) is 7.87. The summed E-state index contributed by atoms with van der Waals surface area (Å²) < 4.78 is 35.8. The highest BCUT2D eigenvalue weighted by atomic mass is 32.2. The van der Waals surface area contributed by atoms with Crippen LogP contribution in [-0.4, -0.2) is 92.6 Å². The number of piperazine rings is 1. The molecule has 2 unspecified atom stereocenters. The first kappa shape index (κ1) is 26.1. The second-order valence-electron chi connectivity index (χ2n) is 8.02. The molecule has 1 aromatic heterocycles. The van der Waals surface area contributed by atoms with E-state index in [0.29, 0.717) is 11.3 Å². The number of methoxy groups -OCH3 is 2. The van der Waals surface area contributed by atoms with Crippen LogP contribution in [0.4, 0.5) is 0 Å². The number of amides is 2. The van der Waals surface area contributed by atoms with E-state index in [-0.39, 0.29) is 32.0 Å². The van der Waals surface area contributed by atoms with E-state index in [1.807, 2.05) is 0 Å². The Kier molecular flexibility index (Phi) is 8.41. The Bertz CT molecular complexity index is 1160. The zero-order valence-electron chi connectivity index (χ0n) is 19.7. The molecule has 0 spiro atoms. The van der Waals surface area contributed by atoms with E-state index in [1.165, 1.54) is 31.5 Å². The van der Waals surface area contributed by atoms with Gasteiger partial charge in [-0.2, -0.15) is 4.31 Å². The molecule has 2 atom stereocenters. The minimum Gasteiger partial charge on any atom is -0.497 e. The van der Waals surface area contributed by atoms with Crippen molar-refractivity contribution in [3.63, 3.8) is 0 Å². The smallest absolute Gasteiger partial charge is 0.328 e. The van der Waals surface area contributed by atoms with Crippen LogP contribution < -0.4 is 10.1 Å². The summed E-state index contributed by atoms with van der Waals surface area (Å²) in [5, 5.41) is 2.61. The van der Waals surface area contributed by atoms with Crippen LogP contribution in [0, 0.1) is 0 Å². The van der Waals surface area contributed by atoms with Crippen molar-refractivity contribution in [1.29, 1.82) is 0 Å². The first-order valence-electron chi connectivity index (χ1n) is 10.8. The summed E-state index contributed by atoms with van der Waals surface area (Å²) in [4.78, 5) is 43.9. The lowest BCUT2D eigenvalue weighted by molar-refractivity contribution is -0.145. The molecule has 35 heavy (non-hydrogen) atoms. The van der Waals surface area contributed by atoms with Crippen molar-refractivity contribution >= 4 is 27.8 Å². The van der Waals surface area contributed by atoms with Gasteiger partial charge < -0.3 is 19.7 Å². The van der Waals surface area contributed by atoms with E-state index < -0.39 is 34.0 Å². The van der Waals surface area contributed by atoms with Gasteiger partial charge in [0.15, 0.2) is 0 Å². The molecule has 188 valence electrons. The maximum Gasteiger partial charge on any atom is 0.328 e. The van der Waals surface area contributed by atoms with Crippen LogP contribution in [0.5, 0.6) is 5.75 Å². The van der Waals surface area contributed by atoms with E-state index >= 15 is 0 Å². The van der Waals surface area contributed by atoms with Crippen LogP contribution in [-0.2, 0) is 30.8 Å². The molecule has 0 bridgehead atoms. The lowest BCUT2D eigenvalue weighted by Gasteiger charge is -2.39. The molecular weight excluding hydrogens is 476 g/mol. The topological polar surface area (TPSA) is 135 Å². The van der Waals surface area contributed by atoms with Gasteiger partial charge in [0.05, 0.1) is 26.0 Å². The van der Waals surface area contributed by atoms with Crippen LogP contribution >= 0.6 is 0 Å². The molecule has 1 aliphatic heterocycles. The molecule has 11 nitrogen and oxygen atoms in total. The summed E-state index contributed by atoms with van der Waals surface area (Å²) in [7, 11) is -1.03.